The fraction of sp³-hybridized carbons (Fsp3) is 0.125. The summed E-state index contributed by atoms with van der Waals surface area (Å²) in [6.45, 7) is 28.6. The van der Waals surface area contributed by atoms with Gasteiger partial charge in [-0.1, -0.05) is 337 Å². The minimum atomic E-state index is 1.08. The lowest BCUT2D eigenvalue weighted by atomic mass is 9.86. The van der Waals surface area contributed by atoms with Crippen LogP contribution in [-0.4, -0.2) is 0 Å². The van der Waals surface area contributed by atoms with E-state index in [9.17, 15) is 0 Å². The predicted molar refractivity (Wildman–Crippen MR) is 494 cm³/mol. The van der Waals surface area contributed by atoms with Crippen LogP contribution in [0.4, 0.5) is 0 Å². The second-order valence-electron chi connectivity index (χ2n) is 31.6. The van der Waals surface area contributed by atoms with Crippen molar-refractivity contribution in [2.45, 2.75) is 96.4 Å². The molecule has 0 N–H and O–H groups in total. The average molecular weight is 1440 g/mol. The van der Waals surface area contributed by atoms with Crippen LogP contribution in [-0.2, 0) is 6.42 Å². The normalized spacial score (nSPS) is 11.6. The van der Waals surface area contributed by atoms with Crippen LogP contribution in [0.1, 0.15) is 83.5 Å². The average Bonchev–Trinajstić information content (AvgIpc) is 1.08. The van der Waals surface area contributed by atoms with Crippen molar-refractivity contribution in [1.82, 2.24) is 0 Å². The highest BCUT2D eigenvalue weighted by Crippen LogP contribution is 2.45. The maximum absolute atomic E-state index is 2.33. The van der Waals surface area contributed by atoms with Gasteiger partial charge in [0.25, 0.3) is 0 Å². The predicted octanol–water partition coefficient (Wildman–Crippen LogP) is 31.8. The van der Waals surface area contributed by atoms with Crippen molar-refractivity contribution >= 4 is 151 Å². The molecule has 0 saturated carbocycles. The van der Waals surface area contributed by atoms with Crippen molar-refractivity contribution in [1.29, 1.82) is 0 Å². The molecule has 0 radical (unpaired) electrons. The van der Waals surface area contributed by atoms with E-state index in [1.165, 1.54) is 245 Å². The first-order valence-electron chi connectivity index (χ1n) is 39.7. The lowest BCUT2D eigenvalue weighted by Gasteiger charge is -2.17. The quantitative estimate of drug-likeness (QED) is 0.105. The summed E-state index contributed by atoms with van der Waals surface area (Å²) in [4.78, 5) is 0. The molecule has 22 rings (SSSR count). The van der Waals surface area contributed by atoms with Gasteiger partial charge in [0.15, 0.2) is 0 Å². The first-order valence-corrected chi connectivity index (χ1v) is 39.7. The summed E-state index contributed by atoms with van der Waals surface area (Å²) in [5.41, 5.74) is 23.6. The maximum Gasteiger partial charge on any atom is -0.000719 e. The number of hydrogen-bond donors (Lipinski definition) is 0. The molecular weight excluding hydrogens is 1350 g/mol. The van der Waals surface area contributed by atoms with Gasteiger partial charge in [-0.25, -0.2) is 0 Å². The molecule has 112 heavy (non-hydrogen) atoms. The Balaban J connectivity index is 0.0000000990. The second-order valence-corrected chi connectivity index (χ2v) is 31.6. The molecule has 0 amide bonds. The minimum absolute atomic E-state index is 1.08. The summed E-state index contributed by atoms with van der Waals surface area (Å²) < 4.78 is 0. The molecule has 1 aliphatic carbocycles. The smallest absolute Gasteiger partial charge is 0.000719 e. The van der Waals surface area contributed by atoms with E-state index in [1.807, 2.05) is 0 Å². The molecule has 0 bridgehead atoms. The fourth-order valence-corrected chi connectivity index (χ4v) is 18.8. The van der Waals surface area contributed by atoms with Crippen LogP contribution < -0.4 is 0 Å². The Morgan fingerprint density at radius 3 is 0.938 bits per heavy atom. The molecule has 0 aromatic heterocycles. The molecule has 0 nitrogen and oxygen atoms in total. The topological polar surface area (TPSA) is 0 Å². The van der Waals surface area contributed by atoms with E-state index in [0.29, 0.717) is 0 Å². The van der Waals surface area contributed by atoms with Crippen molar-refractivity contribution in [3.63, 3.8) is 0 Å². The molecule has 0 saturated heterocycles. The summed E-state index contributed by atoms with van der Waals surface area (Å²) in [5.74, 6) is 0. The molecule has 0 heterocycles. The van der Waals surface area contributed by atoms with Crippen molar-refractivity contribution in [2.24, 2.45) is 0 Å². The molecule has 21 aromatic rings. The third-order valence-electron chi connectivity index (χ3n) is 24.2. The maximum atomic E-state index is 2.33. The first kappa shape index (κ1) is 72.1. The van der Waals surface area contributed by atoms with Gasteiger partial charge >= 0.3 is 0 Å². The monoisotopic (exact) mass is 1440 g/mol. The molecule has 21 aromatic carbocycles. The van der Waals surface area contributed by atoms with E-state index in [4.69, 9.17) is 0 Å². The van der Waals surface area contributed by atoms with Crippen LogP contribution in [0.5, 0.6) is 0 Å². The van der Waals surface area contributed by atoms with Gasteiger partial charge in [-0.3, -0.25) is 0 Å². The molecule has 1 aliphatic rings. The van der Waals surface area contributed by atoms with Gasteiger partial charge in [-0.15, -0.1) is 0 Å². The van der Waals surface area contributed by atoms with Gasteiger partial charge in [0.05, 0.1) is 0 Å². The molecular formula is C112H94. The largest absolute Gasteiger partial charge is 0.0616 e. The van der Waals surface area contributed by atoms with Gasteiger partial charge in [-0.2, -0.15) is 0 Å². The number of hydrogen-bond acceptors (Lipinski definition) is 0. The highest BCUT2D eigenvalue weighted by Gasteiger charge is 2.22. The van der Waals surface area contributed by atoms with Crippen LogP contribution in [0.25, 0.3) is 162 Å². The Labute approximate surface area is 658 Å². The zero-order chi connectivity index (χ0) is 77.2. The van der Waals surface area contributed by atoms with E-state index in [-0.39, 0.29) is 0 Å². The molecule has 0 heteroatoms. The lowest BCUT2D eigenvalue weighted by molar-refractivity contribution is 1.26. The van der Waals surface area contributed by atoms with Gasteiger partial charge in [0.2, 0.25) is 0 Å². The zero-order valence-corrected chi connectivity index (χ0v) is 66.8. The molecule has 0 unspecified atom stereocenters. The summed E-state index contributed by atoms with van der Waals surface area (Å²) >= 11 is 0. The standard InChI is InChI=1S/C24H18.3C20H16.C19H16.C9H12/c1-15-17-9-3-4-10-18(17)16(2)24-22-14-8-6-12-20(22)19-11-5-7-13-21(19)23(15)24;1-13-11-19-18-10-6-4-8-16(18)14(2)12-20(19)17-9-5-3-7-15(13)17;1-13-16-8-5-6-9-17(16)14(2)20-18(13)12-11-15-7-3-4-10-19(15)20;1-13-17-9-5-6-10-18(17)14(2)20-12-16-8-4-3-7-15(16)11-19(13)20;1-12-3-6-16-14(9-12)5-8-18-17-7-4-13(2)10-15(17)11-19(16)18;1-7-4-8(2)6-9(3)5-7/h3-14H,1-2H3;3*3-12H,1-2H3;3-10H,11H2,1-2H3;4-6H,1-3H3. The third kappa shape index (κ3) is 13.1. The lowest BCUT2D eigenvalue weighted by Crippen LogP contribution is -1.91. The Hall–Kier alpha value is -12.7. The van der Waals surface area contributed by atoms with Crippen molar-refractivity contribution in [2.75, 3.05) is 0 Å². The van der Waals surface area contributed by atoms with Gasteiger partial charge in [0, 0.05) is 0 Å². The molecule has 0 fully saturated rings. The summed E-state index contributed by atoms with van der Waals surface area (Å²) in [6.07, 6.45) is 1.08. The van der Waals surface area contributed by atoms with E-state index < -0.39 is 0 Å². The number of rotatable bonds is 0. The van der Waals surface area contributed by atoms with Gasteiger partial charge in [-0.05, 0) is 326 Å². The fourth-order valence-electron chi connectivity index (χ4n) is 18.8. The number of fused-ring (bicyclic) bond motifs is 24. The van der Waals surface area contributed by atoms with E-state index in [0.717, 1.165) is 6.42 Å². The highest BCUT2D eigenvalue weighted by molar-refractivity contribution is 6.30. The minimum Gasteiger partial charge on any atom is -0.0616 e. The van der Waals surface area contributed by atoms with E-state index in [1.54, 1.807) is 0 Å². The molecule has 0 aliphatic heterocycles. The second kappa shape index (κ2) is 29.9. The van der Waals surface area contributed by atoms with E-state index in [2.05, 4.69) is 412 Å². The van der Waals surface area contributed by atoms with Crippen LogP contribution in [0.15, 0.2) is 322 Å². The Morgan fingerprint density at radius 2 is 0.482 bits per heavy atom. The SMILES string of the molecule is Cc1c2ccccc2c(C)c2c1ccc1ccccc12.Cc1c2ccccc2c(C)c2c3ccccc3c3ccccc3c12.Cc1c2ccccc2c(C)c2cc3ccccc3cc12.Cc1cc(C)cc(C)c1.Cc1cc2c3ccccc3c(C)cc2c2ccccc12.Cc1ccc2c(c1)Cc1c-2ccc2cc(C)ccc12. The van der Waals surface area contributed by atoms with Crippen LogP contribution in [0.2, 0.25) is 0 Å². The number of aryl methyl sites for hydroxylation is 13. The summed E-state index contributed by atoms with van der Waals surface area (Å²) in [6, 6.07) is 117. The zero-order valence-electron chi connectivity index (χ0n) is 66.8. The molecule has 0 atom stereocenters. The van der Waals surface area contributed by atoms with E-state index >= 15 is 0 Å². The van der Waals surface area contributed by atoms with Gasteiger partial charge in [0.1, 0.15) is 0 Å². The van der Waals surface area contributed by atoms with Crippen molar-refractivity contribution < 1.29 is 0 Å². The highest BCUT2D eigenvalue weighted by atomic mass is 14.3. The Kier molecular flexibility index (Phi) is 19.3. The van der Waals surface area contributed by atoms with Crippen LogP contribution in [0, 0.1) is 90.0 Å². The Bertz CT molecular complexity index is 7000. The number of benzene rings is 21. The first-order chi connectivity index (χ1) is 54.5. The molecule has 542 valence electrons. The summed E-state index contributed by atoms with van der Waals surface area (Å²) in [7, 11) is 0. The summed E-state index contributed by atoms with van der Waals surface area (Å²) in [5, 5.41) is 38.2. The molecule has 0 spiro atoms. The van der Waals surface area contributed by atoms with Gasteiger partial charge < -0.3 is 0 Å². The van der Waals surface area contributed by atoms with Crippen molar-refractivity contribution in [3.8, 4) is 11.1 Å². The van der Waals surface area contributed by atoms with Crippen LogP contribution >= 0.6 is 0 Å². The Morgan fingerprint density at radius 1 is 0.161 bits per heavy atom. The third-order valence-corrected chi connectivity index (χ3v) is 24.2. The van der Waals surface area contributed by atoms with Crippen molar-refractivity contribution in [3.05, 3.63) is 405 Å². The van der Waals surface area contributed by atoms with Crippen LogP contribution in [0.3, 0.4) is 0 Å².